The van der Waals surface area contributed by atoms with Crippen molar-refractivity contribution in [2.45, 2.75) is 25.4 Å². The Morgan fingerprint density at radius 2 is 1.96 bits per heavy atom. The molecular weight excluding hydrogens is 362 g/mol. The largest absolute Gasteiger partial charge is 0.348 e. The number of fused-ring (bicyclic) bond motifs is 1. The molecule has 0 saturated carbocycles. The first-order chi connectivity index (χ1) is 13.1. The van der Waals surface area contributed by atoms with Gasteiger partial charge in [0.25, 0.3) is 5.56 Å². The zero-order valence-electron chi connectivity index (χ0n) is 14.6. The van der Waals surface area contributed by atoms with Crippen molar-refractivity contribution < 1.29 is 4.79 Å². The Morgan fingerprint density at radius 1 is 1.15 bits per heavy atom. The summed E-state index contributed by atoms with van der Waals surface area (Å²) in [6, 6.07) is 18.3. The minimum atomic E-state index is -0.302. The summed E-state index contributed by atoms with van der Waals surface area (Å²) in [4.78, 5) is 24.6. The third-order valence-electron chi connectivity index (χ3n) is 4.75. The summed E-state index contributed by atoms with van der Waals surface area (Å²) in [7, 11) is 0. The number of carbonyl (C=O) groups is 1. The highest BCUT2D eigenvalue weighted by atomic mass is 35.5. The highest BCUT2D eigenvalue weighted by molar-refractivity contribution is 6.30. The van der Waals surface area contributed by atoms with Crippen LogP contribution in [0.1, 0.15) is 23.6 Å². The summed E-state index contributed by atoms with van der Waals surface area (Å²) in [6.07, 6.45) is 1.70. The van der Waals surface area contributed by atoms with Crippen molar-refractivity contribution in [1.29, 1.82) is 0 Å². The maximum Gasteiger partial charge on any atom is 0.267 e. The second-order valence-electron chi connectivity index (χ2n) is 6.58. The fourth-order valence-electron chi connectivity index (χ4n) is 3.44. The molecule has 1 atom stereocenters. The lowest BCUT2D eigenvalue weighted by Crippen LogP contribution is -2.35. The van der Waals surface area contributed by atoms with Gasteiger partial charge in [-0.1, -0.05) is 48.0 Å². The summed E-state index contributed by atoms with van der Waals surface area (Å²) in [6.45, 7) is -0.112. The van der Waals surface area contributed by atoms with Gasteiger partial charge in [-0.05, 0) is 42.2 Å². The van der Waals surface area contributed by atoms with Crippen LogP contribution in [0.25, 0.3) is 11.3 Å². The van der Waals surface area contributed by atoms with Gasteiger partial charge in [0, 0.05) is 16.7 Å². The average Bonchev–Trinajstić information content (AvgIpc) is 3.06. The van der Waals surface area contributed by atoms with E-state index in [2.05, 4.69) is 10.4 Å². The van der Waals surface area contributed by atoms with E-state index in [4.69, 9.17) is 11.6 Å². The molecule has 2 aromatic carbocycles. The van der Waals surface area contributed by atoms with Gasteiger partial charge >= 0.3 is 0 Å². The molecule has 1 aliphatic rings. The van der Waals surface area contributed by atoms with Gasteiger partial charge in [0.2, 0.25) is 5.91 Å². The van der Waals surface area contributed by atoms with E-state index < -0.39 is 0 Å². The van der Waals surface area contributed by atoms with Crippen LogP contribution in [0.2, 0.25) is 5.02 Å². The second kappa shape index (κ2) is 7.37. The lowest BCUT2D eigenvalue weighted by Gasteiger charge is -2.15. The van der Waals surface area contributed by atoms with Gasteiger partial charge < -0.3 is 5.32 Å². The summed E-state index contributed by atoms with van der Waals surface area (Å²) < 4.78 is 1.20. The molecule has 1 aromatic heterocycles. The van der Waals surface area contributed by atoms with Crippen LogP contribution >= 0.6 is 11.6 Å². The number of nitrogens with one attached hydrogen (secondary N) is 1. The topological polar surface area (TPSA) is 64.0 Å². The maximum absolute atomic E-state index is 12.5. The predicted molar refractivity (Wildman–Crippen MR) is 105 cm³/mol. The summed E-state index contributed by atoms with van der Waals surface area (Å²) in [5.41, 5.74) is 3.50. The minimum Gasteiger partial charge on any atom is -0.348 e. The molecule has 4 rings (SSSR count). The molecular formula is C21H18ClN3O2. The molecule has 0 radical (unpaired) electrons. The number of hydrogen-bond acceptors (Lipinski definition) is 3. The standard InChI is InChI=1S/C21H18ClN3O2/c22-16-7-8-17-15(12-16)6-9-19(17)23-20(26)13-25-21(27)11-10-18(24-25)14-4-2-1-3-5-14/h1-5,7-8,10-12,19H,6,9,13H2,(H,23,26). The van der Waals surface area contributed by atoms with Crippen LogP contribution in [0.3, 0.4) is 0 Å². The van der Waals surface area contributed by atoms with Crippen LogP contribution in [-0.2, 0) is 17.8 Å². The molecule has 27 heavy (non-hydrogen) atoms. The van der Waals surface area contributed by atoms with Crippen LogP contribution in [0, 0.1) is 0 Å². The molecule has 0 bridgehead atoms. The van der Waals surface area contributed by atoms with E-state index in [1.54, 1.807) is 6.07 Å². The van der Waals surface area contributed by atoms with Crippen molar-refractivity contribution in [3.8, 4) is 11.3 Å². The first-order valence-corrected chi connectivity index (χ1v) is 9.19. The van der Waals surface area contributed by atoms with Crippen LogP contribution in [-0.4, -0.2) is 15.7 Å². The van der Waals surface area contributed by atoms with E-state index >= 15 is 0 Å². The van der Waals surface area contributed by atoms with E-state index in [9.17, 15) is 9.59 Å². The van der Waals surface area contributed by atoms with Crippen LogP contribution in [0.5, 0.6) is 0 Å². The van der Waals surface area contributed by atoms with Gasteiger partial charge in [-0.3, -0.25) is 9.59 Å². The van der Waals surface area contributed by atoms with Gasteiger partial charge in [-0.15, -0.1) is 0 Å². The number of nitrogens with zero attached hydrogens (tertiary/aromatic N) is 2. The Kier molecular flexibility index (Phi) is 4.77. The monoisotopic (exact) mass is 379 g/mol. The molecule has 0 saturated heterocycles. The Labute approximate surface area is 161 Å². The zero-order valence-corrected chi connectivity index (χ0v) is 15.3. The van der Waals surface area contributed by atoms with Crippen molar-refractivity contribution in [2.75, 3.05) is 0 Å². The quantitative estimate of drug-likeness (QED) is 0.756. The van der Waals surface area contributed by atoms with Crippen molar-refractivity contribution >= 4 is 17.5 Å². The average molecular weight is 380 g/mol. The molecule has 1 aliphatic carbocycles. The number of rotatable bonds is 4. The lowest BCUT2D eigenvalue weighted by molar-refractivity contribution is -0.122. The lowest BCUT2D eigenvalue weighted by atomic mass is 10.1. The maximum atomic E-state index is 12.5. The number of amides is 1. The summed E-state index contributed by atoms with van der Waals surface area (Å²) in [5, 5.41) is 8.05. The Balaban J connectivity index is 1.50. The third kappa shape index (κ3) is 3.78. The number of hydrogen-bond donors (Lipinski definition) is 1. The number of halogens is 1. The van der Waals surface area contributed by atoms with E-state index in [-0.39, 0.29) is 24.1 Å². The number of carbonyl (C=O) groups excluding carboxylic acids is 1. The van der Waals surface area contributed by atoms with Gasteiger partial charge in [-0.2, -0.15) is 5.10 Å². The normalized spacial score (nSPS) is 15.4. The molecule has 0 fully saturated rings. The first kappa shape index (κ1) is 17.5. The molecule has 1 N–H and O–H groups in total. The molecule has 3 aromatic rings. The van der Waals surface area contributed by atoms with E-state index in [0.29, 0.717) is 10.7 Å². The number of benzene rings is 2. The number of aryl methyl sites for hydroxylation is 1. The van der Waals surface area contributed by atoms with Crippen molar-refractivity contribution in [1.82, 2.24) is 15.1 Å². The molecule has 1 amide bonds. The second-order valence-corrected chi connectivity index (χ2v) is 7.02. The fraction of sp³-hybridized carbons (Fsp3) is 0.190. The van der Waals surface area contributed by atoms with Crippen molar-refractivity contribution in [3.05, 3.63) is 87.2 Å². The fourth-order valence-corrected chi connectivity index (χ4v) is 3.63. The molecule has 136 valence electrons. The zero-order chi connectivity index (χ0) is 18.8. The van der Waals surface area contributed by atoms with E-state index in [1.807, 2.05) is 48.5 Å². The molecule has 1 unspecified atom stereocenters. The first-order valence-electron chi connectivity index (χ1n) is 8.81. The van der Waals surface area contributed by atoms with Gasteiger partial charge in [0.15, 0.2) is 0 Å². The Morgan fingerprint density at radius 3 is 2.78 bits per heavy atom. The van der Waals surface area contributed by atoms with E-state index in [1.165, 1.54) is 10.7 Å². The van der Waals surface area contributed by atoms with Crippen molar-refractivity contribution in [2.24, 2.45) is 0 Å². The van der Waals surface area contributed by atoms with Crippen LogP contribution in [0.4, 0.5) is 0 Å². The van der Waals surface area contributed by atoms with Gasteiger partial charge in [0.05, 0.1) is 11.7 Å². The SMILES string of the molecule is O=C(Cn1nc(-c2ccccc2)ccc1=O)NC1CCc2cc(Cl)ccc21. The summed E-state index contributed by atoms with van der Waals surface area (Å²) in [5.74, 6) is -0.234. The molecule has 6 heteroatoms. The minimum absolute atomic E-state index is 0.0576. The van der Waals surface area contributed by atoms with Gasteiger partial charge in [-0.25, -0.2) is 4.68 Å². The van der Waals surface area contributed by atoms with Crippen LogP contribution in [0.15, 0.2) is 65.5 Å². The smallest absolute Gasteiger partial charge is 0.267 e. The van der Waals surface area contributed by atoms with Gasteiger partial charge in [0.1, 0.15) is 6.54 Å². The van der Waals surface area contributed by atoms with Crippen molar-refractivity contribution in [3.63, 3.8) is 0 Å². The molecule has 0 aliphatic heterocycles. The molecule has 1 heterocycles. The Bertz CT molecular complexity index is 1050. The summed E-state index contributed by atoms with van der Waals surface area (Å²) >= 11 is 6.03. The number of aromatic nitrogens is 2. The highest BCUT2D eigenvalue weighted by Crippen LogP contribution is 2.32. The van der Waals surface area contributed by atoms with E-state index in [0.717, 1.165) is 29.5 Å². The third-order valence-corrected chi connectivity index (χ3v) is 4.98. The molecule has 5 nitrogen and oxygen atoms in total. The Hall–Kier alpha value is -2.92. The highest BCUT2D eigenvalue weighted by Gasteiger charge is 2.24. The predicted octanol–water partition coefficient (Wildman–Crippen LogP) is 3.37. The van der Waals surface area contributed by atoms with Crippen LogP contribution < -0.4 is 10.9 Å². The molecule has 0 spiro atoms.